The van der Waals surface area contributed by atoms with Crippen LogP contribution in [0.4, 0.5) is 0 Å². The van der Waals surface area contributed by atoms with Crippen LogP contribution in [0, 0.1) is 5.41 Å². The van der Waals surface area contributed by atoms with Crippen molar-refractivity contribution in [2.45, 2.75) is 58.4 Å². The zero-order valence-electron chi connectivity index (χ0n) is 16.4. The number of rotatable bonds is 10. The van der Waals surface area contributed by atoms with E-state index in [2.05, 4.69) is 41.4 Å². The molecule has 0 aromatic carbocycles. The van der Waals surface area contributed by atoms with Crippen molar-refractivity contribution in [2.75, 3.05) is 47.4 Å². The molecule has 1 rings (SSSR count). The van der Waals surface area contributed by atoms with E-state index in [-0.39, 0.29) is 24.0 Å². The number of methoxy groups -OCH3 is 1. The Morgan fingerprint density at radius 1 is 1.29 bits per heavy atom. The summed E-state index contributed by atoms with van der Waals surface area (Å²) in [6, 6.07) is 0.627. The molecule has 144 valence electrons. The summed E-state index contributed by atoms with van der Waals surface area (Å²) in [5.74, 6) is 0.922. The van der Waals surface area contributed by atoms with Gasteiger partial charge in [0.05, 0.1) is 0 Å². The number of halogens is 1. The number of nitrogens with one attached hydrogen (secondary N) is 2. The Morgan fingerprint density at radius 3 is 2.50 bits per heavy atom. The van der Waals surface area contributed by atoms with Crippen LogP contribution in [-0.4, -0.2) is 64.3 Å². The molecule has 1 fully saturated rings. The van der Waals surface area contributed by atoms with E-state index in [1.807, 2.05) is 7.05 Å². The molecule has 0 heterocycles. The second kappa shape index (κ2) is 13.2. The van der Waals surface area contributed by atoms with Gasteiger partial charge in [0, 0.05) is 46.4 Å². The summed E-state index contributed by atoms with van der Waals surface area (Å²) in [5, 5.41) is 6.99. The molecule has 24 heavy (non-hydrogen) atoms. The molecule has 0 spiro atoms. The van der Waals surface area contributed by atoms with Crippen LogP contribution in [0.1, 0.15) is 52.4 Å². The topological polar surface area (TPSA) is 48.9 Å². The molecule has 0 aromatic rings. The molecule has 1 atom stereocenters. The lowest BCUT2D eigenvalue weighted by molar-refractivity contribution is 0.138. The van der Waals surface area contributed by atoms with Gasteiger partial charge in [-0.2, -0.15) is 0 Å². The highest BCUT2D eigenvalue weighted by atomic mass is 127. The van der Waals surface area contributed by atoms with Gasteiger partial charge in [-0.05, 0) is 45.1 Å². The Labute approximate surface area is 166 Å². The molecule has 0 saturated heterocycles. The predicted molar refractivity (Wildman–Crippen MR) is 115 cm³/mol. The molecule has 2 N–H and O–H groups in total. The first-order chi connectivity index (χ1) is 11.1. The van der Waals surface area contributed by atoms with Crippen LogP contribution >= 0.6 is 24.0 Å². The van der Waals surface area contributed by atoms with Gasteiger partial charge in [0.25, 0.3) is 0 Å². The summed E-state index contributed by atoms with van der Waals surface area (Å²) in [4.78, 5) is 6.75. The first-order valence-electron chi connectivity index (χ1n) is 9.20. The highest BCUT2D eigenvalue weighted by Crippen LogP contribution is 2.40. The van der Waals surface area contributed by atoms with Crippen LogP contribution in [0.25, 0.3) is 0 Å². The van der Waals surface area contributed by atoms with Crippen molar-refractivity contribution in [3.8, 4) is 0 Å². The number of hydrogen-bond donors (Lipinski definition) is 2. The molecule has 1 aliphatic rings. The van der Waals surface area contributed by atoms with Gasteiger partial charge in [-0.25, -0.2) is 0 Å². The molecule has 1 saturated carbocycles. The molecule has 1 aliphatic carbocycles. The van der Waals surface area contributed by atoms with E-state index in [1.54, 1.807) is 7.11 Å². The van der Waals surface area contributed by atoms with Gasteiger partial charge in [-0.3, -0.25) is 4.99 Å². The zero-order chi connectivity index (χ0) is 17.1. The number of hydrogen-bond acceptors (Lipinski definition) is 3. The summed E-state index contributed by atoms with van der Waals surface area (Å²) < 4.78 is 5.31. The quantitative estimate of drug-likeness (QED) is 0.303. The van der Waals surface area contributed by atoms with Crippen molar-refractivity contribution in [1.82, 2.24) is 15.5 Å². The lowest BCUT2D eigenvalue weighted by atomic mass is 9.83. The molecule has 0 amide bonds. The largest absolute Gasteiger partial charge is 0.385 e. The molecule has 1 unspecified atom stereocenters. The van der Waals surface area contributed by atoms with Crippen molar-refractivity contribution in [3.05, 3.63) is 0 Å². The smallest absolute Gasteiger partial charge is 0.191 e. The summed E-state index contributed by atoms with van der Waals surface area (Å²) in [6.45, 7) is 8.31. The average Bonchev–Trinajstić information content (AvgIpc) is 3.04. The first-order valence-corrected chi connectivity index (χ1v) is 9.20. The number of aliphatic imine (C=N–C) groups is 1. The fourth-order valence-corrected chi connectivity index (χ4v) is 3.33. The molecule has 0 bridgehead atoms. The van der Waals surface area contributed by atoms with E-state index in [0.717, 1.165) is 38.6 Å². The molecule has 6 heteroatoms. The van der Waals surface area contributed by atoms with Crippen LogP contribution in [0.15, 0.2) is 4.99 Å². The van der Waals surface area contributed by atoms with Gasteiger partial charge in [0.15, 0.2) is 5.96 Å². The third kappa shape index (κ3) is 8.34. The molecule has 5 nitrogen and oxygen atoms in total. The Morgan fingerprint density at radius 2 is 1.96 bits per heavy atom. The lowest BCUT2D eigenvalue weighted by Crippen LogP contribution is -2.45. The summed E-state index contributed by atoms with van der Waals surface area (Å²) in [7, 11) is 5.83. The minimum Gasteiger partial charge on any atom is -0.385 e. The number of ether oxygens (including phenoxy) is 1. The summed E-state index contributed by atoms with van der Waals surface area (Å²) >= 11 is 0. The van der Waals surface area contributed by atoms with E-state index < -0.39 is 0 Å². The van der Waals surface area contributed by atoms with Gasteiger partial charge in [-0.1, -0.05) is 19.8 Å². The van der Waals surface area contributed by atoms with Crippen molar-refractivity contribution >= 4 is 29.9 Å². The van der Waals surface area contributed by atoms with Gasteiger partial charge in [0.2, 0.25) is 0 Å². The van der Waals surface area contributed by atoms with E-state index in [0.29, 0.717) is 11.5 Å². The van der Waals surface area contributed by atoms with Crippen LogP contribution in [-0.2, 0) is 4.74 Å². The fraction of sp³-hybridized carbons (Fsp3) is 0.944. The van der Waals surface area contributed by atoms with Crippen LogP contribution in [0.5, 0.6) is 0 Å². The van der Waals surface area contributed by atoms with E-state index in [9.17, 15) is 0 Å². The molecule has 0 aliphatic heterocycles. The number of nitrogens with zero attached hydrogens (tertiary/aromatic N) is 2. The summed E-state index contributed by atoms with van der Waals surface area (Å²) in [5.41, 5.74) is 0.390. The fourth-order valence-electron chi connectivity index (χ4n) is 3.33. The Kier molecular flexibility index (Phi) is 13.1. The maximum Gasteiger partial charge on any atom is 0.191 e. The third-order valence-corrected chi connectivity index (χ3v) is 5.46. The van der Waals surface area contributed by atoms with Crippen LogP contribution in [0.3, 0.4) is 0 Å². The third-order valence-electron chi connectivity index (χ3n) is 5.46. The lowest BCUT2D eigenvalue weighted by Gasteiger charge is -2.30. The predicted octanol–water partition coefficient (Wildman–Crippen LogP) is 3.10. The van der Waals surface area contributed by atoms with Crippen LogP contribution < -0.4 is 10.6 Å². The van der Waals surface area contributed by atoms with Crippen molar-refractivity contribution < 1.29 is 4.74 Å². The zero-order valence-corrected chi connectivity index (χ0v) is 18.7. The van der Waals surface area contributed by atoms with E-state index >= 15 is 0 Å². The minimum absolute atomic E-state index is 0. The molecular formula is C18H39IN4O. The normalized spacial score (nSPS) is 18.3. The van der Waals surface area contributed by atoms with Crippen LogP contribution in [0.2, 0.25) is 0 Å². The minimum atomic E-state index is 0. The van der Waals surface area contributed by atoms with Gasteiger partial charge in [0.1, 0.15) is 0 Å². The second-order valence-electron chi connectivity index (χ2n) is 7.04. The number of guanidine groups is 1. The Bertz CT molecular complexity index is 346. The SMILES string of the molecule is CCC(C)N(C)CCNC(=NC)NCC1(CCOC)CCCC1.I. The van der Waals surface area contributed by atoms with E-state index in [1.165, 1.54) is 32.1 Å². The highest BCUT2D eigenvalue weighted by Gasteiger charge is 2.33. The van der Waals surface area contributed by atoms with E-state index in [4.69, 9.17) is 4.74 Å². The maximum atomic E-state index is 5.31. The number of likely N-dealkylation sites (N-methyl/N-ethyl adjacent to an activating group) is 1. The molecule has 0 aromatic heterocycles. The Balaban J connectivity index is 0.00000529. The first kappa shape index (κ1) is 23.9. The monoisotopic (exact) mass is 454 g/mol. The van der Waals surface area contributed by atoms with Crippen molar-refractivity contribution in [2.24, 2.45) is 10.4 Å². The van der Waals surface area contributed by atoms with Gasteiger partial charge < -0.3 is 20.3 Å². The standard InChI is InChI=1S/C18H38N4O.HI/c1-6-16(2)22(4)13-12-20-17(19-3)21-15-18(11-14-23-5)9-7-8-10-18;/h16H,6-15H2,1-5H3,(H2,19,20,21);1H. The van der Waals surface area contributed by atoms with Crippen molar-refractivity contribution in [3.63, 3.8) is 0 Å². The molecular weight excluding hydrogens is 415 g/mol. The van der Waals surface area contributed by atoms with Crippen molar-refractivity contribution in [1.29, 1.82) is 0 Å². The second-order valence-corrected chi connectivity index (χ2v) is 7.04. The molecule has 0 radical (unpaired) electrons. The summed E-state index contributed by atoms with van der Waals surface area (Å²) in [6.07, 6.45) is 7.62. The Hall–Kier alpha value is -0.0800. The van der Waals surface area contributed by atoms with Gasteiger partial charge >= 0.3 is 0 Å². The van der Waals surface area contributed by atoms with Gasteiger partial charge in [-0.15, -0.1) is 24.0 Å². The highest BCUT2D eigenvalue weighted by molar-refractivity contribution is 14.0. The maximum absolute atomic E-state index is 5.31. The average molecular weight is 454 g/mol.